The molecule has 3 rings (SSSR count). The van der Waals surface area contributed by atoms with Crippen LogP contribution >= 0.6 is 0 Å². The van der Waals surface area contributed by atoms with Crippen molar-refractivity contribution in [1.82, 2.24) is 20.6 Å². The molecule has 1 aromatic heterocycles. The lowest BCUT2D eigenvalue weighted by Gasteiger charge is -2.16. The van der Waals surface area contributed by atoms with E-state index < -0.39 is 11.8 Å². The maximum absolute atomic E-state index is 12.9. The Morgan fingerprint density at radius 2 is 1.24 bits per heavy atom. The molecule has 0 aliphatic rings. The smallest absolute Gasteiger partial charge is 0.273 e. The largest absolute Gasteiger partial charge is 0.383 e. The zero-order chi connectivity index (χ0) is 23.5. The van der Waals surface area contributed by atoms with Crippen molar-refractivity contribution in [3.63, 3.8) is 0 Å². The first-order valence-electron chi connectivity index (χ1n) is 10.4. The van der Waals surface area contributed by atoms with Crippen molar-refractivity contribution in [2.75, 3.05) is 44.0 Å². The number of carbonyl (C=O) groups is 2. The van der Waals surface area contributed by atoms with Crippen molar-refractivity contribution in [2.24, 2.45) is 5.73 Å². The summed E-state index contributed by atoms with van der Waals surface area (Å²) in [6.07, 6.45) is 0. The summed E-state index contributed by atoms with van der Waals surface area (Å²) in [4.78, 5) is 34.8. The molecule has 172 valence electrons. The summed E-state index contributed by atoms with van der Waals surface area (Å²) < 4.78 is 5.00. The van der Waals surface area contributed by atoms with Crippen LogP contribution < -0.4 is 27.0 Å². The van der Waals surface area contributed by atoms with Crippen molar-refractivity contribution in [2.45, 2.75) is 0 Å². The number of rotatable bonds is 11. The predicted molar refractivity (Wildman–Crippen MR) is 127 cm³/mol. The quantitative estimate of drug-likeness (QED) is 0.280. The first-order valence-corrected chi connectivity index (χ1v) is 10.4. The Labute approximate surface area is 192 Å². The van der Waals surface area contributed by atoms with Crippen molar-refractivity contribution in [3.8, 4) is 0 Å². The average Bonchev–Trinajstić information content (AvgIpc) is 2.84. The molecule has 0 aliphatic carbocycles. The number of nitrogens with two attached hydrogens (primary N) is 1. The molecule has 6 N–H and O–H groups in total. The number of anilines is 4. The van der Waals surface area contributed by atoms with Gasteiger partial charge in [-0.05, 0) is 24.3 Å². The molecule has 0 saturated carbocycles. The first-order chi connectivity index (χ1) is 16.1. The summed E-state index contributed by atoms with van der Waals surface area (Å²) in [5.41, 5.74) is 6.97. The van der Waals surface area contributed by atoms with E-state index in [-0.39, 0.29) is 36.1 Å². The van der Waals surface area contributed by atoms with Gasteiger partial charge in [0.05, 0.1) is 6.61 Å². The van der Waals surface area contributed by atoms with Gasteiger partial charge in [-0.2, -0.15) is 0 Å². The van der Waals surface area contributed by atoms with E-state index in [0.717, 1.165) is 0 Å². The van der Waals surface area contributed by atoms with E-state index in [1.807, 2.05) is 60.7 Å². The van der Waals surface area contributed by atoms with Gasteiger partial charge < -0.3 is 31.7 Å². The van der Waals surface area contributed by atoms with E-state index in [2.05, 4.69) is 31.2 Å². The van der Waals surface area contributed by atoms with Gasteiger partial charge in [-0.3, -0.25) is 9.59 Å². The third-order valence-electron chi connectivity index (χ3n) is 4.42. The fourth-order valence-electron chi connectivity index (χ4n) is 2.86. The summed E-state index contributed by atoms with van der Waals surface area (Å²) in [5.74, 6) is -0.629. The SMILES string of the molecule is COCCNC(=O)c1nc(Nc2ccccc2)c(C(=O)NCCN)nc1Nc1ccccc1. The van der Waals surface area contributed by atoms with Crippen molar-refractivity contribution < 1.29 is 14.3 Å². The predicted octanol–water partition coefficient (Wildman–Crippen LogP) is 2.03. The average molecular weight is 450 g/mol. The summed E-state index contributed by atoms with van der Waals surface area (Å²) >= 11 is 0. The highest BCUT2D eigenvalue weighted by Gasteiger charge is 2.23. The van der Waals surface area contributed by atoms with E-state index in [1.54, 1.807) is 7.11 Å². The normalized spacial score (nSPS) is 10.4. The lowest BCUT2D eigenvalue weighted by Crippen LogP contribution is -2.32. The molecule has 0 saturated heterocycles. The number of hydrogen-bond acceptors (Lipinski definition) is 8. The highest BCUT2D eigenvalue weighted by atomic mass is 16.5. The molecule has 0 bridgehead atoms. The van der Waals surface area contributed by atoms with E-state index in [1.165, 1.54) is 0 Å². The third kappa shape index (κ3) is 6.73. The van der Waals surface area contributed by atoms with Gasteiger partial charge in [-0.15, -0.1) is 0 Å². The van der Waals surface area contributed by atoms with Crippen LogP contribution in [0.15, 0.2) is 60.7 Å². The molecule has 33 heavy (non-hydrogen) atoms. The minimum absolute atomic E-state index is 0.0270. The topological polar surface area (TPSA) is 143 Å². The lowest BCUT2D eigenvalue weighted by molar-refractivity contribution is 0.0925. The number of nitrogens with one attached hydrogen (secondary N) is 4. The minimum atomic E-state index is -0.464. The van der Waals surface area contributed by atoms with Gasteiger partial charge in [0.25, 0.3) is 11.8 Å². The second kappa shape index (κ2) is 12.1. The standard InChI is InChI=1S/C23H27N7O3/c1-33-15-14-26-23(32)19-21(28-17-10-6-3-7-11-17)29-18(22(31)25-13-12-24)20(30-19)27-16-8-4-2-5-9-16/h2-11H,12-15,24H2,1H3,(H,25,31)(H,26,32)(H,27,30)(H,28,29). The van der Waals surface area contributed by atoms with Gasteiger partial charge in [0, 0.05) is 38.1 Å². The van der Waals surface area contributed by atoms with Crippen LogP contribution in [0.1, 0.15) is 21.0 Å². The van der Waals surface area contributed by atoms with Crippen LogP contribution in [0.3, 0.4) is 0 Å². The number of hydrogen-bond donors (Lipinski definition) is 5. The molecule has 0 fully saturated rings. The van der Waals surface area contributed by atoms with Crippen LogP contribution in [-0.2, 0) is 4.74 Å². The van der Waals surface area contributed by atoms with Crippen LogP contribution in [0.25, 0.3) is 0 Å². The van der Waals surface area contributed by atoms with Crippen molar-refractivity contribution >= 4 is 34.8 Å². The summed E-state index contributed by atoms with van der Waals surface area (Å²) in [6, 6.07) is 18.4. The van der Waals surface area contributed by atoms with Crippen molar-refractivity contribution in [3.05, 3.63) is 72.1 Å². The van der Waals surface area contributed by atoms with Gasteiger partial charge in [0.1, 0.15) is 0 Å². The molecule has 2 amide bonds. The van der Waals surface area contributed by atoms with Gasteiger partial charge >= 0.3 is 0 Å². The number of benzene rings is 2. The Balaban J connectivity index is 2.06. The molecular weight excluding hydrogens is 422 g/mol. The molecule has 0 unspecified atom stereocenters. The molecular formula is C23H27N7O3. The first kappa shape index (κ1) is 23.6. The Kier molecular flexibility index (Phi) is 8.69. The van der Waals surface area contributed by atoms with Crippen LogP contribution in [-0.4, -0.2) is 55.1 Å². The Bertz CT molecular complexity index is 1060. The number of nitrogens with zero attached hydrogens (tertiary/aromatic N) is 2. The maximum atomic E-state index is 12.9. The highest BCUT2D eigenvalue weighted by molar-refractivity contribution is 6.02. The molecule has 3 aromatic rings. The number of aromatic nitrogens is 2. The number of methoxy groups -OCH3 is 1. The number of amides is 2. The number of para-hydroxylation sites is 2. The van der Waals surface area contributed by atoms with Gasteiger partial charge in [-0.1, -0.05) is 36.4 Å². The molecule has 0 radical (unpaired) electrons. The minimum Gasteiger partial charge on any atom is -0.383 e. The Morgan fingerprint density at radius 3 is 1.67 bits per heavy atom. The monoisotopic (exact) mass is 449 g/mol. The van der Waals surface area contributed by atoms with Gasteiger partial charge in [0.15, 0.2) is 23.0 Å². The maximum Gasteiger partial charge on any atom is 0.273 e. The summed E-state index contributed by atoms with van der Waals surface area (Å²) in [6.45, 7) is 1.18. The molecule has 2 aromatic carbocycles. The zero-order valence-corrected chi connectivity index (χ0v) is 18.3. The molecule has 10 nitrogen and oxygen atoms in total. The number of ether oxygens (including phenoxy) is 1. The highest BCUT2D eigenvalue weighted by Crippen LogP contribution is 2.24. The van der Waals surface area contributed by atoms with E-state index in [0.29, 0.717) is 24.5 Å². The van der Waals surface area contributed by atoms with Crippen LogP contribution in [0.2, 0.25) is 0 Å². The molecule has 1 heterocycles. The summed E-state index contributed by atoms with van der Waals surface area (Å²) in [5, 5.41) is 11.6. The number of carbonyl (C=O) groups excluding carboxylic acids is 2. The molecule has 0 atom stereocenters. The van der Waals surface area contributed by atoms with Crippen LogP contribution in [0.4, 0.5) is 23.0 Å². The fraction of sp³-hybridized carbons (Fsp3) is 0.217. The third-order valence-corrected chi connectivity index (χ3v) is 4.42. The van der Waals surface area contributed by atoms with E-state index >= 15 is 0 Å². The van der Waals surface area contributed by atoms with Gasteiger partial charge in [0.2, 0.25) is 0 Å². The Hall–Kier alpha value is -4.02. The molecule has 0 aliphatic heterocycles. The zero-order valence-electron chi connectivity index (χ0n) is 18.3. The second-order valence-electron chi connectivity index (χ2n) is 6.89. The Morgan fingerprint density at radius 1 is 0.788 bits per heavy atom. The summed E-state index contributed by atoms with van der Waals surface area (Å²) in [7, 11) is 1.55. The van der Waals surface area contributed by atoms with Gasteiger partial charge in [-0.25, -0.2) is 9.97 Å². The molecule has 0 spiro atoms. The van der Waals surface area contributed by atoms with E-state index in [4.69, 9.17) is 10.5 Å². The molecule has 10 heteroatoms. The van der Waals surface area contributed by atoms with Crippen LogP contribution in [0, 0.1) is 0 Å². The second-order valence-corrected chi connectivity index (χ2v) is 6.89. The van der Waals surface area contributed by atoms with E-state index in [9.17, 15) is 9.59 Å². The lowest BCUT2D eigenvalue weighted by atomic mass is 10.2. The fourth-order valence-corrected chi connectivity index (χ4v) is 2.86. The van der Waals surface area contributed by atoms with Crippen molar-refractivity contribution in [1.29, 1.82) is 0 Å². The van der Waals surface area contributed by atoms with Crippen LogP contribution in [0.5, 0.6) is 0 Å².